The minimum absolute atomic E-state index is 0.0977. The zero-order chi connectivity index (χ0) is 15.2. The molecule has 21 heavy (non-hydrogen) atoms. The largest absolute Gasteiger partial charge is 0.494 e. The zero-order valence-corrected chi connectivity index (χ0v) is 12.5. The molecule has 1 atom stereocenters. The first-order valence-corrected chi connectivity index (χ1v) is 7.22. The van der Waals surface area contributed by atoms with Crippen molar-refractivity contribution in [3.8, 4) is 5.75 Å². The highest BCUT2D eigenvalue weighted by Gasteiger charge is 2.12. The minimum Gasteiger partial charge on any atom is -0.494 e. The Balaban J connectivity index is 2.24. The SMILES string of the molecule is CCCn1nc(C(N)c2ccc(OCC)cc2)ccc1=O. The van der Waals surface area contributed by atoms with Gasteiger partial charge in [0.15, 0.2) is 0 Å². The second-order valence-corrected chi connectivity index (χ2v) is 4.80. The molecule has 1 aromatic carbocycles. The third-order valence-electron chi connectivity index (χ3n) is 3.19. The van der Waals surface area contributed by atoms with Crippen LogP contribution in [0.4, 0.5) is 0 Å². The predicted octanol–water partition coefficient (Wildman–Crippen LogP) is 2.10. The van der Waals surface area contributed by atoms with E-state index in [0.717, 1.165) is 17.7 Å². The van der Waals surface area contributed by atoms with Gasteiger partial charge in [-0.15, -0.1) is 0 Å². The molecular formula is C16H21N3O2. The average Bonchev–Trinajstić information content (AvgIpc) is 2.50. The number of nitrogens with zero attached hydrogens (tertiary/aromatic N) is 2. The molecule has 0 fully saturated rings. The molecule has 0 aliphatic carbocycles. The van der Waals surface area contributed by atoms with E-state index in [2.05, 4.69) is 5.10 Å². The number of hydrogen-bond donors (Lipinski definition) is 1. The van der Waals surface area contributed by atoms with Gasteiger partial charge in [-0.3, -0.25) is 4.79 Å². The van der Waals surface area contributed by atoms with E-state index in [0.29, 0.717) is 18.8 Å². The summed E-state index contributed by atoms with van der Waals surface area (Å²) in [4.78, 5) is 11.7. The van der Waals surface area contributed by atoms with Crippen molar-refractivity contribution in [2.75, 3.05) is 6.61 Å². The second-order valence-electron chi connectivity index (χ2n) is 4.80. The van der Waals surface area contributed by atoms with Crippen LogP contribution in [0.1, 0.15) is 37.6 Å². The summed E-state index contributed by atoms with van der Waals surface area (Å²) >= 11 is 0. The van der Waals surface area contributed by atoms with Gasteiger partial charge in [0.2, 0.25) is 0 Å². The molecule has 5 nitrogen and oxygen atoms in total. The number of nitrogens with two attached hydrogens (primary N) is 1. The molecule has 0 saturated heterocycles. The summed E-state index contributed by atoms with van der Waals surface area (Å²) in [6, 6.07) is 10.5. The summed E-state index contributed by atoms with van der Waals surface area (Å²) in [6.07, 6.45) is 0.856. The van der Waals surface area contributed by atoms with Crippen molar-refractivity contribution >= 4 is 0 Å². The molecule has 2 aromatic rings. The Morgan fingerprint density at radius 1 is 1.19 bits per heavy atom. The topological polar surface area (TPSA) is 70.1 Å². The number of aryl methyl sites for hydroxylation is 1. The van der Waals surface area contributed by atoms with Crippen LogP contribution < -0.4 is 16.0 Å². The van der Waals surface area contributed by atoms with Crippen LogP contribution in [-0.2, 0) is 6.54 Å². The van der Waals surface area contributed by atoms with E-state index >= 15 is 0 Å². The van der Waals surface area contributed by atoms with Crippen molar-refractivity contribution in [3.05, 3.63) is 58.0 Å². The Morgan fingerprint density at radius 2 is 1.90 bits per heavy atom. The Kier molecular flexibility index (Phi) is 5.11. The molecule has 0 spiro atoms. The van der Waals surface area contributed by atoms with Crippen LogP contribution in [0.3, 0.4) is 0 Å². The number of rotatable bonds is 6. The maximum Gasteiger partial charge on any atom is 0.266 e. The summed E-state index contributed by atoms with van der Waals surface area (Å²) < 4.78 is 6.87. The van der Waals surface area contributed by atoms with Gasteiger partial charge < -0.3 is 10.5 Å². The van der Waals surface area contributed by atoms with E-state index in [9.17, 15) is 4.79 Å². The predicted molar refractivity (Wildman–Crippen MR) is 82.4 cm³/mol. The molecular weight excluding hydrogens is 266 g/mol. The lowest BCUT2D eigenvalue weighted by atomic mass is 10.0. The van der Waals surface area contributed by atoms with Gasteiger partial charge in [0.05, 0.1) is 18.3 Å². The number of benzene rings is 1. The van der Waals surface area contributed by atoms with Crippen LogP contribution in [0, 0.1) is 0 Å². The first-order chi connectivity index (χ1) is 10.2. The molecule has 0 aliphatic rings. The molecule has 0 saturated carbocycles. The van der Waals surface area contributed by atoms with Gasteiger partial charge in [-0.25, -0.2) is 4.68 Å². The zero-order valence-electron chi connectivity index (χ0n) is 12.5. The van der Waals surface area contributed by atoms with Crippen LogP contribution in [0.5, 0.6) is 5.75 Å². The quantitative estimate of drug-likeness (QED) is 0.883. The summed E-state index contributed by atoms with van der Waals surface area (Å²) in [7, 11) is 0. The Hall–Kier alpha value is -2.14. The Labute approximate surface area is 124 Å². The molecule has 0 bridgehead atoms. The van der Waals surface area contributed by atoms with Crippen LogP contribution in [0.2, 0.25) is 0 Å². The van der Waals surface area contributed by atoms with Crippen LogP contribution in [-0.4, -0.2) is 16.4 Å². The van der Waals surface area contributed by atoms with Crippen molar-refractivity contribution in [1.82, 2.24) is 9.78 Å². The summed E-state index contributed by atoms with van der Waals surface area (Å²) in [5.74, 6) is 0.817. The van der Waals surface area contributed by atoms with Gasteiger partial charge in [0.25, 0.3) is 5.56 Å². The molecule has 112 valence electrons. The maximum atomic E-state index is 11.7. The number of hydrogen-bond acceptors (Lipinski definition) is 4. The highest BCUT2D eigenvalue weighted by atomic mass is 16.5. The Bertz CT molecular complexity index is 635. The van der Waals surface area contributed by atoms with E-state index < -0.39 is 0 Å². The molecule has 1 heterocycles. The van der Waals surface area contributed by atoms with E-state index in [1.165, 1.54) is 10.7 Å². The number of ether oxygens (including phenoxy) is 1. The fourth-order valence-corrected chi connectivity index (χ4v) is 2.11. The number of aromatic nitrogens is 2. The molecule has 1 unspecified atom stereocenters. The minimum atomic E-state index is -0.357. The standard InChI is InChI=1S/C16H21N3O2/c1-3-11-19-15(20)10-9-14(18-19)16(17)12-5-7-13(8-6-12)21-4-2/h5-10,16H,3-4,11,17H2,1-2H3. The van der Waals surface area contributed by atoms with E-state index in [-0.39, 0.29) is 11.6 Å². The third kappa shape index (κ3) is 3.70. The monoisotopic (exact) mass is 287 g/mol. The van der Waals surface area contributed by atoms with Gasteiger partial charge in [-0.05, 0) is 37.1 Å². The summed E-state index contributed by atoms with van der Waals surface area (Å²) in [5, 5.41) is 4.35. The first-order valence-electron chi connectivity index (χ1n) is 7.22. The second kappa shape index (κ2) is 7.04. The Morgan fingerprint density at radius 3 is 2.52 bits per heavy atom. The van der Waals surface area contributed by atoms with Crippen LogP contribution in [0.15, 0.2) is 41.2 Å². The molecule has 0 aliphatic heterocycles. The fraction of sp³-hybridized carbons (Fsp3) is 0.375. The van der Waals surface area contributed by atoms with Gasteiger partial charge in [-0.1, -0.05) is 19.1 Å². The van der Waals surface area contributed by atoms with Crippen molar-refractivity contribution in [2.24, 2.45) is 5.73 Å². The highest BCUT2D eigenvalue weighted by molar-refractivity contribution is 5.32. The van der Waals surface area contributed by atoms with Gasteiger partial charge in [-0.2, -0.15) is 5.10 Å². The molecule has 0 radical (unpaired) electrons. The smallest absolute Gasteiger partial charge is 0.266 e. The molecule has 2 N–H and O–H groups in total. The average molecular weight is 287 g/mol. The lowest BCUT2D eigenvalue weighted by Gasteiger charge is -2.13. The third-order valence-corrected chi connectivity index (χ3v) is 3.19. The summed E-state index contributed by atoms with van der Waals surface area (Å²) in [6.45, 7) is 5.19. The molecule has 1 aromatic heterocycles. The fourth-order valence-electron chi connectivity index (χ4n) is 2.11. The molecule has 0 amide bonds. The van der Waals surface area contributed by atoms with Crippen molar-refractivity contribution < 1.29 is 4.74 Å². The van der Waals surface area contributed by atoms with E-state index in [4.69, 9.17) is 10.5 Å². The maximum absolute atomic E-state index is 11.7. The van der Waals surface area contributed by atoms with Crippen molar-refractivity contribution in [1.29, 1.82) is 0 Å². The van der Waals surface area contributed by atoms with Crippen LogP contribution >= 0.6 is 0 Å². The molecule has 5 heteroatoms. The van der Waals surface area contributed by atoms with Crippen molar-refractivity contribution in [3.63, 3.8) is 0 Å². The van der Waals surface area contributed by atoms with Crippen molar-refractivity contribution in [2.45, 2.75) is 32.9 Å². The normalized spacial score (nSPS) is 12.1. The van der Waals surface area contributed by atoms with Gasteiger partial charge >= 0.3 is 0 Å². The lowest BCUT2D eigenvalue weighted by Crippen LogP contribution is -2.25. The van der Waals surface area contributed by atoms with Gasteiger partial charge in [0.1, 0.15) is 5.75 Å². The van der Waals surface area contributed by atoms with Gasteiger partial charge in [0, 0.05) is 12.6 Å². The van der Waals surface area contributed by atoms with E-state index in [1.807, 2.05) is 38.1 Å². The van der Waals surface area contributed by atoms with E-state index in [1.54, 1.807) is 6.07 Å². The highest BCUT2D eigenvalue weighted by Crippen LogP contribution is 2.20. The van der Waals surface area contributed by atoms with Crippen LogP contribution in [0.25, 0.3) is 0 Å². The summed E-state index contributed by atoms with van der Waals surface area (Å²) in [5.41, 5.74) is 7.76. The lowest BCUT2D eigenvalue weighted by molar-refractivity contribution is 0.340. The first kappa shape index (κ1) is 15.3. The molecule has 2 rings (SSSR count).